The number of pyridine rings is 1. The molecule has 0 spiro atoms. The van der Waals surface area contributed by atoms with Crippen LogP contribution in [0.3, 0.4) is 0 Å². The molecule has 1 saturated heterocycles. The molecule has 0 radical (unpaired) electrons. The SMILES string of the molecule is Cc1cccc(CN(C)C(=O)COC2(C)CNC2)n1. The molecule has 2 rings (SSSR count). The van der Waals surface area contributed by atoms with E-state index in [2.05, 4.69) is 10.3 Å². The highest BCUT2D eigenvalue weighted by molar-refractivity contribution is 5.77. The van der Waals surface area contributed by atoms with Crippen molar-refractivity contribution in [2.45, 2.75) is 26.0 Å². The standard InChI is InChI=1S/C14H21N3O2/c1-11-5-4-6-12(16-11)7-17(3)13(18)8-19-14(2)9-15-10-14/h4-6,15H,7-10H2,1-3H3. The number of aryl methyl sites for hydroxylation is 1. The Kier molecular flexibility index (Phi) is 4.17. The molecule has 1 fully saturated rings. The summed E-state index contributed by atoms with van der Waals surface area (Å²) in [6, 6.07) is 5.82. The van der Waals surface area contributed by atoms with E-state index in [0.717, 1.165) is 24.5 Å². The van der Waals surface area contributed by atoms with E-state index in [4.69, 9.17) is 4.74 Å². The summed E-state index contributed by atoms with van der Waals surface area (Å²) in [5.41, 5.74) is 1.67. The van der Waals surface area contributed by atoms with Crippen molar-refractivity contribution < 1.29 is 9.53 Å². The summed E-state index contributed by atoms with van der Waals surface area (Å²) >= 11 is 0. The Morgan fingerprint density at radius 3 is 2.84 bits per heavy atom. The predicted molar refractivity (Wildman–Crippen MR) is 72.7 cm³/mol. The van der Waals surface area contributed by atoms with E-state index in [1.165, 1.54) is 0 Å². The van der Waals surface area contributed by atoms with Gasteiger partial charge < -0.3 is 15.0 Å². The highest BCUT2D eigenvalue weighted by Gasteiger charge is 2.33. The number of aromatic nitrogens is 1. The van der Waals surface area contributed by atoms with Crippen LogP contribution in [-0.2, 0) is 16.1 Å². The van der Waals surface area contributed by atoms with Crippen LogP contribution in [0.1, 0.15) is 18.3 Å². The van der Waals surface area contributed by atoms with Gasteiger partial charge in [-0.15, -0.1) is 0 Å². The second-order valence-electron chi connectivity index (χ2n) is 5.36. The van der Waals surface area contributed by atoms with Crippen molar-refractivity contribution in [3.63, 3.8) is 0 Å². The lowest BCUT2D eigenvalue weighted by Gasteiger charge is -2.39. The van der Waals surface area contributed by atoms with Crippen LogP contribution < -0.4 is 5.32 Å². The lowest BCUT2D eigenvalue weighted by Crippen LogP contribution is -2.59. The molecule has 1 aromatic heterocycles. The zero-order chi connectivity index (χ0) is 13.9. The minimum absolute atomic E-state index is 0.0172. The van der Waals surface area contributed by atoms with Gasteiger partial charge in [-0.3, -0.25) is 9.78 Å². The Bertz CT molecular complexity index is 458. The summed E-state index contributed by atoms with van der Waals surface area (Å²) in [4.78, 5) is 18.0. The number of rotatable bonds is 5. The molecule has 104 valence electrons. The second-order valence-corrected chi connectivity index (χ2v) is 5.36. The topological polar surface area (TPSA) is 54.5 Å². The lowest BCUT2D eigenvalue weighted by molar-refractivity contribution is -0.145. The minimum Gasteiger partial charge on any atom is -0.363 e. The summed E-state index contributed by atoms with van der Waals surface area (Å²) in [6.07, 6.45) is 0. The molecular formula is C14H21N3O2. The van der Waals surface area contributed by atoms with Gasteiger partial charge in [-0.1, -0.05) is 6.07 Å². The smallest absolute Gasteiger partial charge is 0.248 e. The molecular weight excluding hydrogens is 242 g/mol. The number of hydrogen-bond acceptors (Lipinski definition) is 4. The fraction of sp³-hybridized carbons (Fsp3) is 0.571. The Morgan fingerprint density at radius 1 is 1.53 bits per heavy atom. The number of amides is 1. The van der Waals surface area contributed by atoms with Gasteiger partial charge in [-0.2, -0.15) is 0 Å². The number of likely N-dealkylation sites (N-methyl/N-ethyl adjacent to an activating group) is 1. The maximum atomic E-state index is 12.0. The highest BCUT2D eigenvalue weighted by Crippen LogP contribution is 2.15. The van der Waals surface area contributed by atoms with E-state index < -0.39 is 0 Å². The molecule has 0 unspecified atom stereocenters. The minimum atomic E-state index is -0.182. The third-order valence-corrected chi connectivity index (χ3v) is 3.31. The predicted octanol–water partition coefficient (Wildman–Crippen LogP) is 0.727. The molecule has 0 saturated carbocycles. The number of carbonyl (C=O) groups excluding carboxylic acids is 1. The van der Waals surface area contributed by atoms with Crippen molar-refractivity contribution in [1.82, 2.24) is 15.2 Å². The summed E-state index contributed by atoms with van der Waals surface area (Å²) < 4.78 is 5.64. The van der Waals surface area contributed by atoms with Gasteiger partial charge in [0.15, 0.2) is 0 Å². The Hall–Kier alpha value is -1.46. The molecule has 5 nitrogen and oxygen atoms in total. The molecule has 1 aromatic rings. The molecule has 1 aliphatic rings. The van der Waals surface area contributed by atoms with E-state index >= 15 is 0 Å². The maximum absolute atomic E-state index is 12.0. The lowest BCUT2D eigenvalue weighted by atomic mass is 10.0. The molecule has 19 heavy (non-hydrogen) atoms. The van der Waals surface area contributed by atoms with Crippen molar-refractivity contribution >= 4 is 5.91 Å². The van der Waals surface area contributed by atoms with Crippen molar-refractivity contribution in [1.29, 1.82) is 0 Å². The van der Waals surface area contributed by atoms with E-state index in [-0.39, 0.29) is 18.1 Å². The van der Waals surface area contributed by atoms with Gasteiger partial charge in [0.25, 0.3) is 0 Å². The Labute approximate surface area is 114 Å². The quantitative estimate of drug-likeness (QED) is 0.851. The van der Waals surface area contributed by atoms with E-state index in [0.29, 0.717) is 6.54 Å². The molecule has 1 N–H and O–H groups in total. The van der Waals surface area contributed by atoms with Gasteiger partial charge in [0.1, 0.15) is 6.61 Å². The number of hydrogen-bond donors (Lipinski definition) is 1. The molecule has 5 heteroatoms. The van der Waals surface area contributed by atoms with Crippen LogP contribution in [0.5, 0.6) is 0 Å². The van der Waals surface area contributed by atoms with Crippen molar-refractivity contribution in [2.24, 2.45) is 0 Å². The molecule has 0 bridgehead atoms. The first kappa shape index (κ1) is 14.0. The number of carbonyl (C=O) groups is 1. The zero-order valence-electron chi connectivity index (χ0n) is 11.8. The van der Waals surface area contributed by atoms with E-state index in [1.807, 2.05) is 32.0 Å². The fourth-order valence-electron chi connectivity index (χ4n) is 1.94. The van der Waals surface area contributed by atoms with Crippen LogP contribution in [0.2, 0.25) is 0 Å². The van der Waals surface area contributed by atoms with Crippen molar-refractivity contribution in [2.75, 3.05) is 26.7 Å². The van der Waals surface area contributed by atoms with Crippen molar-refractivity contribution in [3.8, 4) is 0 Å². The summed E-state index contributed by atoms with van der Waals surface area (Å²) in [5.74, 6) is -0.0172. The van der Waals surface area contributed by atoms with Gasteiger partial charge in [0.05, 0.1) is 17.8 Å². The van der Waals surface area contributed by atoms with Gasteiger partial charge in [-0.25, -0.2) is 0 Å². The van der Waals surface area contributed by atoms with Gasteiger partial charge in [0, 0.05) is 25.8 Å². The average molecular weight is 263 g/mol. The fourth-order valence-corrected chi connectivity index (χ4v) is 1.94. The molecule has 0 aromatic carbocycles. The van der Waals surface area contributed by atoms with Gasteiger partial charge >= 0.3 is 0 Å². The van der Waals surface area contributed by atoms with Crippen molar-refractivity contribution in [3.05, 3.63) is 29.6 Å². The van der Waals surface area contributed by atoms with E-state index in [9.17, 15) is 4.79 Å². The summed E-state index contributed by atoms with van der Waals surface area (Å²) in [6.45, 7) is 6.21. The van der Waals surface area contributed by atoms with Crippen LogP contribution in [0, 0.1) is 6.92 Å². The molecule has 1 amide bonds. The Morgan fingerprint density at radius 2 is 2.26 bits per heavy atom. The Balaban J connectivity index is 1.82. The van der Waals surface area contributed by atoms with Crippen LogP contribution in [0.15, 0.2) is 18.2 Å². The highest BCUT2D eigenvalue weighted by atomic mass is 16.5. The first-order valence-corrected chi connectivity index (χ1v) is 6.50. The summed E-state index contributed by atoms with van der Waals surface area (Å²) in [5, 5.41) is 3.14. The first-order valence-electron chi connectivity index (χ1n) is 6.50. The van der Waals surface area contributed by atoms with Crippen LogP contribution in [-0.4, -0.2) is 48.1 Å². The van der Waals surface area contributed by atoms with Gasteiger partial charge in [-0.05, 0) is 26.0 Å². The number of nitrogens with zero attached hydrogens (tertiary/aromatic N) is 2. The normalized spacial score (nSPS) is 16.8. The first-order chi connectivity index (χ1) is 8.98. The third kappa shape index (κ3) is 3.75. The second kappa shape index (κ2) is 5.67. The largest absolute Gasteiger partial charge is 0.363 e. The maximum Gasteiger partial charge on any atom is 0.248 e. The van der Waals surface area contributed by atoms with Crippen LogP contribution in [0.25, 0.3) is 0 Å². The van der Waals surface area contributed by atoms with Crippen LogP contribution >= 0.6 is 0 Å². The zero-order valence-corrected chi connectivity index (χ0v) is 11.8. The summed E-state index contributed by atoms with van der Waals surface area (Å²) in [7, 11) is 1.77. The molecule has 0 atom stereocenters. The van der Waals surface area contributed by atoms with E-state index in [1.54, 1.807) is 11.9 Å². The van der Waals surface area contributed by atoms with Gasteiger partial charge in [0.2, 0.25) is 5.91 Å². The molecule has 1 aliphatic heterocycles. The van der Waals surface area contributed by atoms with Crippen LogP contribution in [0.4, 0.5) is 0 Å². The molecule has 2 heterocycles. The monoisotopic (exact) mass is 263 g/mol. The average Bonchev–Trinajstić information content (AvgIpc) is 2.33. The number of ether oxygens (including phenoxy) is 1. The number of nitrogens with one attached hydrogen (secondary N) is 1. The molecule has 0 aliphatic carbocycles. The third-order valence-electron chi connectivity index (χ3n) is 3.31.